The summed E-state index contributed by atoms with van der Waals surface area (Å²) in [4.78, 5) is 0. The van der Waals surface area contributed by atoms with E-state index in [0.29, 0.717) is 5.82 Å². The van der Waals surface area contributed by atoms with Gasteiger partial charge in [0, 0.05) is 6.72 Å². The van der Waals surface area contributed by atoms with Crippen molar-refractivity contribution in [1.29, 1.82) is 0 Å². The van der Waals surface area contributed by atoms with Crippen molar-refractivity contribution in [3.8, 4) is 0 Å². The summed E-state index contributed by atoms with van der Waals surface area (Å²) < 4.78 is 0. The number of allylic oxidation sites excluding steroid dienone is 1. The van der Waals surface area contributed by atoms with Crippen molar-refractivity contribution in [2.24, 2.45) is 10.8 Å². The zero-order valence-electron chi connectivity index (χ0n) is 8.46. The SMILES string of the molecule is C=NN(/C(N)=C\CC)C(C)(C)C. The molecule has 0 aromatic heterocycles. The quantitative estimate of drug-likeness (QED) is 0.518. The first-order valence-electron chi connectivity index (χ1n) is 4.16. The Morgan fingerprint density at radius 3 is 2.33 bits per heavy atom. The summed E-state index contributed by atoms with van der Waals surface area (Å²) in [6.07, 6.45) is 2.84. The van der Waals surface area contributed by atoms with Crippen LogP contribution in [0.2, 0.25) is 0 Å². The van der Waals surface area contributed by atoms with Crippen molar-refractivity contribution in [2.45, 2.75) is 39.7 Å². The van der Waals surface area contributed by atoms with Crippen LogP contribution in [0.15, 0.2) is 17.0 Å². The van der Waals surface area contributed by atoms with Crippen LogP contribution in [-0.4, -0.2) is 17.3 Å². The molecule has 0 radical (unpaired) electrons. The molecule has 0 bridgehead atoms. The molecule has 0 aromatic carbocycles. The van der Waals surface area contributed by atoms with Crippen LogP contribution in [0.25, 0.3) is 0 Å². The number of hydrogen-bond acceptors (Lipinski definition) is 3. The minimum absolute atomic E-state index is 0.0997. The first kappa shape index (κ1) is 11.0. The summed E-state index contributed by atoms with van der Waals surface area (Å²) in [5.74, 6) is 0.667. The first-order valence-corrected chi connectivity index (χ1v) is 4.16. The van der Waals surface area contributed by atoms with Crippen LogP contribution >= 0.6 is 0 Å². The van der Waals surface area contributed by atoms with E-state index in [0.717, 1.165) is 6.42 Å². The molecule has 0 aliphatic rings. The second kappa shape index (κ2) is 4.14. The maximum Gasteiger partial charge on any atom is 0.116 e. The van der Waals surface area contributed by atoms with Crippen LogP contribution in [0.4, 0.5) is 0 Å². The van der Waals surface area contributed by atoms with E-state index in [-0.39, 0.29) is 5.54 Å². The van der Waals surface area contributed by atoms with Gasteiger partial charge in [0.1, 0.15) is 5.82 Å². The monoisotopic (exact) mass is 169 g/mol. The normalized spacial score (nSPS) is 12.8. The summed E-state index contributed by atoms with van der Waals surface area (Å²) in [5.41, 5.74) is 5.68. The van der Waals surface area contributed by atoms with Crippen LogP contribution in [0.5, 0.6) is 0 Å². The van der Waals surface area contributed by atoms with E-state index in [2.05, 4.69) is 11.8 Å². The van der Waals surface area contributed by atoms with E-state index in [4.69, 9.17) is 5.73 Å². The minimum atomic E-state index is -0.0997. The molecule has 0 atom stereocenters. The number of hydrazone groups is 1. The molecule has 0 spiro atoms. The standard InChI is InChI=1S/C9H19N3/c1-6-7-8(10)12(11-5)9(2,3)4/h7H,5-6,10H2,1-4H3/b8-7-. The zero-order valence-corrected chi connectivity index (χ0v) is 8.46. The third-order valence-corrected chi connectivity index (χ3v) is 1.43. The molecule has 2 N–H and O–H groups in total. The lowest BCUT2D eigenvalue weighted by molar-refractivity contribution is 0.192. The smallest absolute Gasteiger partial charge is 0.116 e. The van der Waals surface area contributed by atoms with Crippen LogP contribution in [-0.2, 0) is 0 Å². The molecule has 0 aromatic rings. The molecule has 0 aliphatic heterocycles. The van der Waals surface area contributed by atoms with Gasteiger partial charge in [0.25, 0.3) is 0 Å². The van der Waals surface area contributed by atoms with Gasteiger partial charge in [-0.25, -0.2) is 5.01 Å². The Hall–Kier alpha value is -0.990. The number of nitrogens with two attached hydrogens (primary N) is 1. The Morgan fingerprint density at radius 2 is 2.08 bits per heavy atom. The maximum absolute atomic E-state index is 5.78. The predicted octanol–water partition coefficient (Wildman–Crippen LogP) is 1.91. The van der Waals surface area contributed by atoms with E-state index < -0.39 is 0 Å². The summed E-state index contributed by atoms with van der Waals surface area (Å²) in [6.45, 7) is 11.6. The average Bonchev–Trinajstić information content (AvgIpc) is 1.85. The Bertz CT molecular complexity index is 177. The molecular formula is C9H19N3. The van der Waals surface area contributed by atoms with Crippen molar-refractivity contribution < 1.29 is 0 Å². The van der Waals surface area contributed by atoms with E-state index in [1.807, 2.05) is 33.8 Å². The highest BCUT2D eigenvalue weighted by molar-refractivity contribution is 5.24. The highest BCUT2D eigenvalue weighted by atomic mass is 15.5. The van der Waals surface area contributed by atoms with E-state index in [1.54, 1.807) is 5.01 Å². The van der Waals surface area contributed by atoms with Gasteiger partial charge < -0.3 is 5.73 Å². The van der Waals surface area contributed by atoms with Gasteiger partial charge in [0.15, 0.2) is 0 Å². The molecule has 0 fully saturated rings. The van der Waals surface area contributed by atoms with Crippen molar-refractivity contribution in [1.82, 2.24) is 5.01 Å². The number of hydrogen-bond donors (Lipinski definition) is 1. The van der Waals surface area contributed by atoms with Crippen molar-refractivity contribution >= 4 is 6.72 Å². The molecule has 0 aliphatic carbocycles. The predicted molar refractivity (Wildman–Crippen MR) is 53.7 cm³/mol. The minimum Gasteiger partial charge on any atom is -0.384 e. The maximum atomic E-state index is 5.78. The highest BCUT2D eigenvalue weighted by Gasteiger charge is 2.20. The van der Waals surface area contributed by atoms with E-state index in [9.17, 15) is 0 Å². The largest absolute Gasteiger partial charge is 0.384 e. The van der Waals surface area contributed by atoms with E-state index in [1.165, 1.54) is 0 Å². The fourth-order valence-corrected chi connectivity index (χ4v) is 0.977. The van der Waals surface area contributed by atoms with E-state index >= 15 is 0 Å². The van der Waals surface area contributed by atoms with Gasteiger partial charge in [-0.2, -0.15) is 5.10 Å². The Kier molecular flexibility index (Phi) is 3.80. The van der Waals surface area contributed by atoms with Crippen molar-refractivity contribution in [2.75, 3.05) is 0 Å². The summed E-state index contributed by atoms with van der Waals surface area (Å²) in [7, 11) is 0. The molecule has 70 valence electrons. The lowest BCUT2D eigenvalue weighted by Gasteiger charge is -2.32. The average molecular weight is 169 g/mol. The topological polar surface area (TPSA) is 41.6 Å². The fourth-order valence-electron chi connectivity index (χ4n) is 0.977. The van der Waals surface area contributed by atoms with Crippen LogP contribution in [0.1, 0.15) is 34.1 Å². The van der Waals surface area contributed by atoms with Gasteiger partial charge in [-0.05, 0) is 33.3 Å². The Morgan fingerprint density at radius 1 is 1.58 bits per heavy atom. The molecule has 0 heterocycles. The first-order chi connectivity index (χ1) is 5.43. The van der Waals surface area contributed by atoms with Gasteiger partial charge in [-0.1, -0.05) is 6.92 Å². The molecule has 0 saturated heterocycles. The van der Waals surface area contributed by atoms with Crippen molar-refractivity contribution in [3.63, 3.8) is 0 Å². The summed E-state index contributed by atoms with van der Waals surface area (Å²) in [5, 5.41) is 5.59. The number of nitrogens with zero attached hydrogens (tertiary/aromatic N) is 2. The van der Waals surface area contributed by atoms with Crippen LogP contribution in [0, 0.1) is 0 Å². The number of rotatable bonds is 3. The third-order valence-electron chi connectivity index (χ3n) is 1.43. The highest BCUT2D eigenvalue weighted by Crippen LogP contribution is 2.16. The molecule has 0 saturated carbocycles. The molecule has 12 heavy (non-hydrogen) atoms. The fraction of sp³-hybridized carbons (Fsp3) is 0.667. The van der Waals surface area contributed by atoms with Gasteiger partial charge >= 0.3 is 0 Å². The lowest BCUT2D eigenvalue weighted by atomic mass is 10.1. The summed E-state index contributed by atoms with van der Waals surface area (Å²) >= 11 is 0. The van der Waals surface area contributed by atoms with Gasteiger partial charge in [-0.15, -0.1) is 0 Å². The van der Waals surface area contributed by atoms with Crippen LogP contribution < -0.4 is 5.73 Å². The second-order valence-electron chi connectivity index (χ2n) is 3.66. The van der Waals surface area contributed by atoms with Gasteiger partial charge in [0.2, 0.25) is 0 Å². The molecular weight excluding hydrogens is 150 g/mol. The van der Waals surface area contributed by atoms with Gasteiger partial charge in [-0.3, -0.25) is 0 Å². The van der Waals surface area contributed by atoms with Crippen LogP contribution in [0.3, 0.4) is 0 Å². The Balaban J connectivity index is 4.57. The summed E-state index contributed by atoms with van der Waals surface area (Å²) in [6, 6.07) is 0. The lowest BCUT2D eigenvalue weighted by Crippen LogP contribution is -2.39. The molecule has 0 rings (SSSR count). The second-order valence-corrected chi connectivity index (χ2v) is 3.66. The molecule has 0 amide bonds. The van der Waals surface area contributed by atoms with Gasteiger partial charge in [0.05, 0.1) is 5.54 Å². The third kappa shape index (κ3) is 2.95. The molecule has 3 nitrogen and oxygen atoms in total. The molecule has 3 heteroatoms. The zero-order chi connectivity index (χ0) is 9.78. The van der Waals surface area contributed by atoms with Crippen molar-refractivity contribution in [3.05, 3.63) is 11.9 Å². The molecule has 0 unspecified atom stereocenters. The Labute approximate surface area is 74.9 Å².